The molecule has 1 aromatic rings. The first-order valence-electron chi connectivity index (χ1n) is 4.44. The summed E-state index contributed by atoms with van der Waals surface area (Å²) in [7, 11) is 1.48. The maximum Gasteiger partial charge on any atom is 0.181 e. The lowest BCUT2D eigenvalue weighted by Gasteiger charge is -2.04. The molecule has 0 spiro atoms. The Bertz CT molecular complexity index is 294. The maximum atomic E-state index is 10.7. The molecule has 70 valence electrons. The second-order valence-electron chi connectivity index (χ2n) is 3.50. The largest absolute Gasteiger partial charge is 0.624 e. The normalized spacial score (nSPS) is 12.2. The Kier molecular flexibility index (Phi) is 3.07. The number of rotatable bonds is 2. The highest BCUT2D eigenvalue weighted by Gasteiger charge is 1.98. The second kappa shape index (κ2) is 4.08. The first kappa shape index (κ1) is 9.78. The first-order chi connectivity index (χ1) is 6.09. The molecule has 0 amide bonds. The number of hydroxylamine groups is 1. The van der Waals surface area contributed by atoms with Crippen LogP contribution in [0.4, 0.5) is 0 Å². The molecule has 0 radical (unpaired) electrons. The van der Waals surface area contributed by atoms with Crippen LogP contribution in [0.2, 0.25) is 0 Å². The predicted octanol–water partition coefficient (Wildman–Crippen LogP) is 2.37. The fraction of sp³-hybridized carbons (Fsp3) is 0.364. The summed E-state index contributed by atoms with van der Waals surface area (Å²) in [5, 5.41) is 10.7. The lowest BCUT2D eigenvalue weighted by Crippen LogP contribution is -1.97. The van der Waals surface area contributed by atoms with Crippen molar-refractivity contribution >= 4 is 6.21 Å². The predicted molar refractivity (Wildman–Crippen MR) is 55.2 cm³/mol. The second-order valence-corrected chi connectivity index (χ2v) is 3.50. The smallest absolute Gasteiger partial charge is 0.181 e. The van der Waals surface area contributed by atoms with Gasteiger partial charge in [0.1, 0.15) is 7.05 Å². The molecule has 0 aromatic heterocycles. The lowest BCUT2D eigenvalue weighted by atomic mass is 10.0. The van der Waals surface area contributed by atoms with E-state index >= 15 is 0 Å². The molecular formula is C11H15NO. The third-order valence-corrected chi connectivity index (χ3v) is 1.93. The Hall–Kier alpha value is -1.31. The van der Waals surface area contributed by atoms with Gasteiger partial charge in [-0.3, -0.25) is 0 Å². The van der Waals surface area contributed by atoms with Crippen molar-refractivity contribution in [1.82, 2.24) is 0 Å². The molecule has 2 heteroatoms. The van der Waals surface area contributed by atoms with E-state index in [1.54, 1.807) is 6.21 Å². The van der Waals surface area contributed by atoms with Crippen LogP contribution in [-0.4, -0.2) is 18.0 Å². The van der Waals surface area contributed by atoms with Crippen LogP contribution in [0.3, 0.4) is 0 Å². The number of hydrogen-bond donors (Lipinski definition) is 0. The van der Waals surface area contributed by atoms with Gasteiger partial charge in [-0.1, -0.05) is 26.0 Å². The summed E-state index contributed by atoms with van der Waals surface area (Å²) < 4.78 is 0.810. The van der Waals surface area contributed by atoms with E-state index in [1.807, 2.05) is 12.1 Å². The molecule has 0 aliphatic heterocycles. The molecule has 2 nitrogen and oxygen atoms in total. The highest BCUT2D eigenvalue weighted by molar-refractivity contribution is 5.75. The Balaban J connectivity index is 2.88. The van der Waals surface area contributed by atoms with Crippen LogP contribution in [0.1, 0.15) is 30.9 Å². The van der Waals surface area contributed by atoms with Gasteiger partial charge in [0.05, 0.1) is 0 Å². The fourth-order valence-corrected chi connectivity index (χ4v) is 1.18. The van der Waals surface area contributed by atoms with Gasteiger partial charge in [0.25, 0.3) is 0 Å². The van der Waals surface area contributed by atoms with Crippen molar-refractivity contribution < 1.29 is 4.74 Å². The molecule has 0 atom stereocenters. The summed E-state index contributed by atoms with van der Waals surface area (Å²) in [5.41, 5.74) is 2.24. The molecule has 0 aliphatic rings. The molecule has 13 heavy (non-hydrogen) atoms. The molecule has 1 aromatic carbocycles. The minimum atomic E-state index is 0.541. The third-order valence-electron chi connectivity index (χ3n) is 1.93. The van der Waals surface area contributed by atoms with E-state index in [1.165, 1.54) is 12.6 Å². The monoisotopic (exact) mass is 177 g/mol. The van der Waals surface area contributed by atoms with E-state index in [2.05, 4.69) is 26.0 Å². The van der Waals surface area contributed by atoms with Crippen LogP contribution in [0.25, 0.3) is 0 Å². The van der Waals surface area contributed by atoms with Crippen LogP contribution in [0.5, 0.6) is 0 Å². The van der Waals surface area contributed by atoms with Gasteiger partial charge in [0, 0.05) is 5.56 Å². The molecule has 0 N–H and O–H groups in total. The minimum absolute atomic E-state index is 0.541. The van der Waals surface area contributed by atoms with Crippen LogP contribution < -0.4 is 0 Å². The van der Waals surface area contributed by atoms with Crippen molar-refractivity contribution in [2.45, 2.75) is 19.8 Å². The molecule has 0 saturated heterocycles. The van der Waals surface area contributed by atoms with Crippen molar-refractivity contribution in [2.24, 2.45) is 0 Å². The van der Waals surface area contributed by atoms with Crippen LogP contribution in [0.15, 0.2) is 24.3 Å². The van der Waals surface area contributed by atoms with Gasteiger partial charge in [-0.25, -0.2) is 4.74 Å². The summed E-state index contributed by atoms with van der Waals surface area (Å²) in [5.74, 6) is 0.541. The van der Waals surface area contributed by atoms with Crippen molar-refractivity contribution in [2.75, 3.05) is 7.05 Å². The van der Waals surface area contributed by atoms with Crippen LogP contribution in [0, 0.1) is 5.21 Å². The Morgan fingerprint density at radius 1 is 1.23 bits per heavy atom. The van der Waals surface area contributed by atoms with Gasteiger partial charge in [0.15, 0.2) is 6.21 Å². The van der Waals surface area contributed by atoms with E-state index in [4.69, 9.17) is 0 Å². The summed E-state index contributed by atoms with van der Waals surface area (Å²) in [6.45, 7) is 4.30. The average molecular weight is 177 g/mol. The molecule has 0 bridgehead atoms. The van der Waals surface area contributed by atoms with Gasteiger partial charge in [-0.2, -0.15) is 0 Å². The quantitative estimate of drug-likeness (QED) is 0.295. The summed E-state index contributed by atoms with van der Waals surface area (Å²) in [6.07, 6.45) is 1.56. The summed E-state index contributed by atoms with van der Waals surface area (Å²) >= 11 is 0. The Morgan fingerprint density at radius 2 is 1.77 bits per heavy atom. The highest BCUT2D eigenvalue weighted by Crippen LogP contribution is 2.13. The van der Waals surface area contributed by atoms with Gasteiger partial charge in [-0.15, -0.1) is 0 Å². The van der Waals surface area contributed by atoms with Gasteiger partial charge < -0.3 is 5.21 Å². The SMILES string of the molecule is CC(C)c1ccc(/C=[N+](/C)[O-])cc1. The fourth-order valence-electron chi connectivity index (χ4n) is 1.18. The zero-order valence-electron chi connectivity index (χ0n) is 8.32. The molecule has 0 aliphatic carbocycles. The Labute approximate surface area is 79.1 Å². The topological polar surface area (TPSA) is 26.1 Å². The number of nitrogens with zero attached hydrogens (tertiary/aromatic N) is 1. The molecule has 0 heterocycles. The van der Waals surface area contributed by atoms with E-state index < -0.39 is 0 Å². The lowest BCUT2D eigenvalue weighted by molar-refractivity contribution is -0.416. The molecule has 0 saturated carbocycles. The van der Waals surface area contributed by atoms with Gasteiger partial charge in [-0.05, 0) is 23.6 Å². The third kappa shape index (κ3) is 2.90. The van der Waals surface area contributed by atoms with Crippen molar-refractivity contribution in [3.8, 4) is 0 Å². The van der Waals surface area contributed by atoms with E-state index in [0.717, 1.165) is 10.3 Å². The number of hydrogen-bond acceptors (Lipinski definition) is 1. The molecular weight excluding hydrogens is 162 g/mol. The summed E-state index contributed by atoms with van der Waals surface area (Å²) in [4.78, 5) is 0. The Morgan fingerprint density at radius 3 is 2.15 bits per heavy atom. The zero-order valence-corrected chi connectivity index (χ0v) is 8.32. The van der Waals surface area contributed by atoms with Crippen LogP contribution >= 0.6 is 0 Å². The first-order valence-corrected chi connectivity index (χ1v) is 4.44. The van der Waals surface area contributed by atoms with Gasteiger partial charge in [0.2, 0.25) is 0 Å². The molecule has 0 fully saturated rings. The number of benzene rings is 1. The van der Waals surface area contributed by atoms with Crippen molar-refractivity contribution in [3.63, 3.8) is 0 Å². The zero-order chi connectivity index (χ0) is 9.84. The van der Waals surface area contributed by atoms with Crippen molar-refractivity contribution in [1.29, 1.82) is 0 Å². The standard InChI is InChI=1S/C11H15NO/c1-9(2)11-6-4-10(5-7-11)8-12(3)13/h4-9H,1-3H3/b12-8-. The minimum Gasteiger partial charge on any atom is -0.624 e. The van der Waals surface area contributed by atoms with E-state index in [9.17, 15) is 5.21 Å². The van der Waals surface area contributed by atoms with Crippen molar-refractivity contribution in [3.05, 3.63) is 40.6 Å². The molecule has 0 unspecified atom stereocenters. The average Bonchev–Trinajstić information content (AvgIpc) is 2.04. The van der Waals surface area contributed by atoms with E-state index in [0.29, 0.717) is 5.92 Å². The van der Waals surface area contributed by atoms with E-state index in [-0.39, 0.29) is 0 Å². The summed E-state index contributed by atoms with van der Waals surface area (Å²) in [6, 6.07) is 8.04. The highest BCUT2D eigenvalue weighted by atomic mass is 16.5. The van der Waals surface area contributed by atoms with Crippen LogP contribution in [-0.2, 0) is 0 Å². The maximum absolute atomic E-state index is 10.7. The molecule has 1 rings (SSSR count). The van der Waals surface area contributed by atoms with Gasteiger partial charge >= 0.3 is 0 Å².